The molecule has 0 N–H and O–H groups in total. The Kier molecular flexibility index (Phi) is 3.02. The minimum atomic E-state index is -0.306. The summed E-state index contributed by atoms with van der Waals surface area (Å²) in [6.07, 6.45) is 2.92. The van der Waals surface area contributed by atoms with Gasteiger partial charge in [0.1, 0.15) is 5.82 Å². The van der Waals surface area contributed by atoms with Crippen molar-refractivity contribution in [2.45, 2.75) is 19.8 Å². The van der Waals surface area contributed by atoms with E-state index in [4.69, 9.17) is 4.74 Å². The standard InChI is InChI=1S/C9H12FNO/c1-3-4-7-5-8(10)6-11-9(7)12-2/h5-6H,3-4H2,1-2H3. The molecule has 0 aliphatic carbocycles. The molecule has 0 saturated carbocycles. The first-order valence-corrected chi connectivity index (χ1v) is 3.96. The average Bonchev–Trinajstić information content (AvgIpc) is 2.05. The highest BCUT2D eigenvalue weighted by atomic mass is 19.1. The largest absolute Gasteiger partial charge is 0.481 e. The monoisotopic (exact) mass is 169 g/mol. The zero-order chi connectivity index (χ0) is 8.97. The van der Waals surface area contributed by atoms with E-state index in [-0.39, 0.29) is 5.82 Å². The molecule has 2 nitrogen and oxygen atoms in total. The minimum absolute atomic E-state index is 0.306. The van der Waals surface area contributed by atoms with E-state index < -0.39 is 0 Å². The van der Waals surface area contributed by atoms with Gasteiger partial charge in [-0.2, -0.15) is 0 Å². The molecule has 12 heavy (non-hydrogen) atoms. The van der Waals surface area contributed by atoms with Crippen LogP contribution in [0.4, 0.5) is 4.39 Å². The lowest BCUT2D eigenvalue weighted by atomic mass is 10.1. The predicted octanol–water partition coefficient (Wildman–Crippen LogP) is 2.18. The SMILES string of the molecule is CCCc1cc(F)cnc1OC. The zero-order valence-electron chi connectivity index (χ0n) is 7.30. The molecule has 0 aliphatic rings. The third-order valence-electron chi connectivity index (χ3n) is 1.60. The van der Waals surface area contributed by atoms with Crippen molar-refractivity contribution in [2.75, 3.05) is 7.11 Å². The normalized spacial score (nSPS) is 9.92. The second-order valence-electron chi connectivity index (χ2n) is 2.57. The summed E-state index contributed by atoms with van der Waals surface area (Å²) in [6.45, 7) is 2.03. The predicted molar refractivity (Wildman–Crippen MR) is 44.7 cm³/mol. The number of hydrogen-bond donors (Lipinski definition) is 0. The van der Waals surface area contributed by atoms with Gasteiger partial charge in [0.15, 0.2) is 0 Å². The Hall–Kier alpha value is -1.12. The first-order valence-electron chi connectivity index (χ1n) is 3.96. The number of aromatic nitrogens is 1. The van der Waals surface area contributed by atoms with Gasteiger partial charge in [0.2, 0.25) is 5.88 Å². The van der Waals surface area contributed by atoms with Gasteiger partial charge in [0.25, 0.3) is 0 Å². The second kappa shape index (κ2) is 4.04. The molecule has 0 fully saturated rings. The van der Waals surface area contributed by atoms with Gasteiger partial charge >= 0.3 is 0 Å². The third kappa shape index (κ3) is 1.94. The summed E-state index contributed by atoms with van der Waals surface area (Å²) >= 11 is 0. The molecule has 0 bridgehead atoms. The van der Waals surface area contributed by atoms with Gasteiger partial charge in [-0.1, -0.05) is 13.3 Å². The number of nitrogens with zero attached hydrogens (tertiary/aromatic N) is 1. The average molecular weight is 169 g/mol. The molecular formula is C9H12FNO. The van der Waals surface area contributed by atoms with Crippen LogP contribution in [0.3, 0.4) is 0 Å². The third-order valence-corrected chi connectivity index (χ3v) is 1.60. The Labute approximate surface area is 71.4 Å². The van der Waals surface area contributed by atoms with Gasteiger partial charge < -0.3 is 4.74 Å². The zero-order valence-corrected chi connectivity index (χ0v) is 7.30. The van der Waals surface area contributed by atoms with E-state index >= 15 is 0 Å². The summed E-state index contributed by atoms with van der Waals surface area (Å²) in [6, 6.07) is 1.47. The fourth-order valence-corrected chi connectivity index (χ4v) is 1.10. The summed E-state index contributed by atoms with van der Waals surface area (Å²) in [5, 5.41) is 0. The molecular weight excluding hydrogens is 157 g/mol. The molecule has 0 spiro atoms. The maximum Gasteiger partial charge on any atom is 0.216 e. The van der Waals surface area contributed by atoms with E-state index in [2.05, 4.69) is 4.98 Å². The first kappa shape index (κ1) is 8.97. The van der Waals surface area contributed by atoms with Crippen molar-refractivity contribution in [3.63, 3.8) is 0 Å². The Morgan fingerprint density at radius 3 is 2.92 bits per heavy atom. The van der Waals surface area contributed by atoms with Crippen molar-refractivity contribution in [1.29, 1.82) is 0 Å². The Bertz CT molecular complexity index is 263. The fourth-order valence-electron chi connectivity index (χ4n) is 1.10. The van der Waals surface area contributed by atoms with Crippen molar-refractivity contribution in [3.8, 4) is 5.88 Å². The van der Waals surface area contributed by atoms with Gasteiger partial charge in [0, 0.05) is 5.56 Å². The van der Waals surface area contributed by atoms with Crippen LogP contribution in [0, 0.1) is 5.82 Å². The fraction of sp³-hybridized carbons (Fsp3) is 0.444. The summed E-state index contributed by atoms with van der Waals surface area (Å²) in [5.74, 6) is 0.220. The maximum absolute atomic E-state index is 12.7. The van der Waals surface area contributed by atoms with Crippen LogP contribution in [0.5, 0.6) is 5.88 Å². The Morgan fingerprint density at radius 1 is 1.58 bits per heavy atom. The van der Waals surface area contributed by atoms with Crippen molar-refractivity contribution in [3.05, 3.63) is 23.6 Å². The van der Waals surface area contributed by atoms with Gasteiger partial charge in [-0.25, -0.2) is 9.37 Å². The highest BCUT2D eigenvalue weighted by molar-refractivity contribution is 5.25. The molecule has 0 amide bonds. The molecule has 1 heterocycles. The highest BCUT2D eigenvalue weighted by Gasteiger charge is 2.04. The first-order chi connectivity index (χ1) is 5.77. The van der Waals surface area contributed by atoms with Crippen LogP contribution in [0.2, 0.25) is 0 Å². The molecule has 0 aromatic carbocycles. The molecule has 0 radical (unpaired) electrons. The lowest BCUT2D eigenvalue weighted by Gasteiger charge is -2.04. The number of methoxy groups -OCH3 is 1. The summed E-state index contributed by atoms with van der Waals surface area (Å²) in [4.78, 5) is 3.82. The van der Waals surface area contributed by atoms with Crippen LogP contribution in [-0.2, 0) is 6.42 Å². The second-order valence-corrected chi connectivity index (χ2v) is 2.57. The number of aryl methyl sites for hydroxylation is 1. The topological polar surface area (TPSA) is 22.1 Å². The minimum Gasteiger partial charge on any atom is -0.481 e. The molecule has 1 aromatic rings. The van der Waals surface area contributed by atoms with Crippen LogP contribution in [0.1, 0.15) is 18.9 Å². The molecule has 1 rings (SSSR count). The van der Waals surface area contributed by atoms with Crippen molar-refractivity contribution in [1.82, 2.24) is 4.98 Å². The molecule has 0 unspecified atom stereocenters. The Balaban J connectivity index is 2.95. The van der Waals surface area contributed by atoms with E-state index in [1.165, 1.54) is 6.07 Å². The van der Waals surface area contributed by atoms with E-state index in [1.54, 1.807) is 7.11 Å². The lowest BCUT2D eigenvalue weighted by Crippen LogP contribution is -1.95. The van der Waals surface area contributed by atoms with Crippen molar-refractivity contribution < 1.29 is 9.13 Å². The molecule has 0 atom stereocenters. The number of hydrogen-bond acceptors (Lipinski definition) is 2. The van der Waals surface area contributed by atoms with Crippen LogP contribution in [0.25, 0.3) is 0 Å². The summed E-state index contributed by atoms with van der Waals surface area (Å²) in [5.41, 5.74) is 0.833. The van der Waals surface area contributed by atoms with Gasteiger partial charge in [0.05, 0.1) is 13.3 Å². The molecule has 66 valence electrons. The van der Waals surface area contributed by atoms with Gasteiger partial charge in [-0.05, 0) is 12.5 Å². The van der Waals surface area contributed by atoms with Crippen LogP contribution in [-0.4, -0.2) is 12.1 Å². The van der Waals surface area contributed by atoms with Crippen LogP contribution < -0.4 is 4.74 Å². The van der Waals surface area contributed by atoms with E-state index in [1.807, 2.05) is 6.92 Å². The summed E-state index contributed by atoms with van der Waals surface area (Å²) < 4.78 is 17.7. The van der Waals surface area contributed by atoms with Crippen molar-refractivity contribution in [2.24, 2.45) is 0 Å². The molecule has 3 heteroatoms. The molecule has 0 aliphatic heterocycles. The van der Waals surface area contributed by atoms with Crippen LogP contribution >= 0.6 is 0 Å². The van der Waals surface area contributed by atoms with E-state index in [9.17, 15) is 4.39 Å². The van der Waals surface area contributed by atoms with Crippen molar-refractivity contribution >= 4 is 0 Å². The molecule has 1 aromatic heterocycles. The summed E-state index contributed by atoms with van der Waals surface area (Å²) in [7, 11) is 1.54. The van der Waals surface area contributed by atoms with Gasteiger partial charge in [-0.15, -0.1) is 0 Å². The van der Waals surface area contributed by atoms with E-state index in [0.717, 1.165) is 24.6 Å². The number of pyridine rings is 1. The maximum atomic E-state index is 12.7. The molecule has 0 saturated heterocycles. The number of rotatable bonds is 3. The number of ether oxygens (including phenoxy) is 1. The number of halogens is 1. The smallest absolute Gasteiger partial charge is 0.216 e. The van der Waals surface area contributed by atoms with E-state index in [0.29, 0.717) is 5.88 Å². The van der Waals surface area contributed by atoms with Gasteiger partial charge in [-0.3, -0.25) is 0 Å². The highest BCUT2D eigenvalue weighted by Crippen LogP contribution is 2.16. The quantitative estimate of drug-likeness (QED) is 0.691. The lowest BCUT2D eigenvalue weighted by molar-refractivity contribution is 0.390. The Morgan fingerprint density at radius 2 is 2.33 bits per heavy atom. The van der Waals surface area contributed by atoms with Crippen LogP contribution in [0.15, 0.2) is 12.3 Å².